The van der Waals surface area contributed by atoms with Crippen molar-refractivity contribution in [3.63, 3.8) is 0 Å². The fourth-order valence-corrected chi connectivity index (χ4v) is 10.4. The second-order valence-electron chi connectivity index (χ2n) is 18.5. The highest BCUT2D eigenvalue weighted by molar-refractivity contribution is 7.58. The molecule has 82 heavy (non-hydrogen) atoms. The summed E-state index contributed by atoms with van der Waals surface area (Å²) in [6.07, 6.45) is 7.71. The Balaban J connectivity index is 0.000000177. The second-order valence-corrected chi connectivity index (χ2v) is 26.5. The molecule has 0 amide bonds. The van der Waals surface area contributed by atoms with Crippen LogP contribution in [0.3, 0.4) is 0 Å². The molecule has 29 nitrogen and oxygen atoms in total. The summed E-state index contributed by atoms with van der Waals surface area (Å²) < 4.78 is 80.5. The summed E-state index contributed by atoms with van der Waals surface area (Å²) in [5.41, 5.74) is 21.0. The number of nitrogens with one attached hydrogen (secondary N) is 3. The number of nitrogen functional groups attached to an aromatic ring is 3. The predicted octanol–water partition coefficient (Wildman–Crippen LogP) is 5.77. The number of hydrogen-bond acceptors (Lipinski definition) is 23. The van der Waals surface area contributed by atoms with Gasteiger partial charge in [-0.1, -0.05) is 53.6 Å². The van der Waals surface area contributed by atoms with Crippen LogP contribution >= 0.6 is 33.7 Å². The Morgan fingerprint density at radius 1 is 0.561 bits per heavy atom. The Morgan fingerprint density at radius 2 is 0.951 bits per heavy atom. The van der Waals surface area contributed by atoms with E-state index in [1.807, 2.05) is 37.3 Å². The number of halogens is 1. The number of aromatic nitrogens is 13. The molecule has 0 saturated heterocycles. The lowest BCUT2D eigenvalue weighted by Gasteiger charge is -2.15. The number of nitrogens with two attached hydrogens (primary N) is 3. The third-order valence-corrected chi connectivity index (χ3v) is 15.7. The van der Waals surface area contributed by atoms with Crippen molar-refractivity contribution in [2.75, 3.05) is 83.2 Å². The summed E-state index contributed by atoms with van der Waals surface area (Å²) in [6, 6.07) is 16.7. The van der Waals surface area contributed by atoms with Crippen LogP contribution in [-0.2, 0) is 80.9 Å². The van der Waals surface area contributed by atoms with Gasteiger partial charge in [-0.3, -0.25) is 48.0 Å². The highest BCUT2D eigenvalue weighted by Gasteiger charge is 2.20. The van der Waals surface area contributed by atoms with E-state index >= 15 is 0 Å². The fraction of sp³-hybridized carbons (Fsp3) is 0.347. The van der Waals surface area contributed by atoms with E-state index in [4.69, 9.17) is 61.3 Å². The zero-order valence-corrected chi connectivity index (χ0v) is 48.7. The van der Waals surface area contributed by atoms with Crippen LogP contribution < -0.4 is 38.6 Å². The highest BCUT2D eigenvalue weighted by atomic mass is 35.5. The van der Waals surface area contributed by atoms with Crippen molar-refractivity contribution in [3.05, 3.63) is 144 Å². The molecular formula is C49H62ClN16O13P3. The van der Waals surface area contributed by atoms with Gasteiger partial charge in [0.15, 0.2) is 33.5 Å². The first-order valence-corrected chi connectivity index (χ1v) is 32.0. The summed E-state index contributed by atoms with van der Waals surface area (Å²) in [5.74, 6) is 0.615. The number of ether oxygens (including phenoxy) is 4. The molecule has 9 N–H and O–H groups in total. The Morgan fingerprint density at radius 3 is 1.33 bits per heavy atom. The van der Waals surface area contributed by atoms with E-state index < -0.39 is 33.2 Å². The van der Waals surface area contributed by atoms with Gasteiger partial charge in [0.25, 0.3) is 16.7 Å². The molecule has 438 valence electrons. The first-order valence-electron chi connectivity index (χ1n) is 24.8. The maximum absolute atomic E-state index is 12.6. The van der Waals surface area contributed by atoms with Crippen molar-refractivity contribution < 1.29 is 46.2 Å². The van der Waals surface area contributed by atoms with Gasteiger partial charge >= 0.3 is 0 Å². The van der Waals surface area contributed by atoms with Crippen molar-refractivity contribution in [1.82, 2.24) is 63.5 Å². The molecule has 9 rings (SSSR count). The van der Waals surface area contributed by atoms with Crippen LogP contribution in [0.4, 0.5) is 17.8 Å². The molecule has 0 bridgehead atoms. The minimum atomic E-state index is -2.97. The normalized spacial score (nSPS) is 13.6. The lowest BCUT2D eigenvalue weighted by atomic mass is 10.2. The van der Waals surface area contributed by atoms with Gasteiger partial charge in [-0.25, -0.2) is 15.0 Å². The van der Waals surface area contributed by atoms with E-state index in [2.05, 4.69) is 49.8 Å². The summed E-state index contributed by atoms with van der Waals surface area (Å²) in [6.45, 7) is 9.11. The number of nitrogens with zero attached hydrogens (tertiary/aromatic N) is 10. The van der Waals surface area contributed by atoms with Gasteiger partial charge in [-0.15, -0.1) is 0 Å². The average Bonchev–Trinajstić information content (AvgIpc) is 4.32. The SMILES string of the molecule is COc1ccc(COP(C)(=O)COCCn2cnc3c(=O)[nH]c(N)nc32)cc1Cl.CP(=O)(COCCn1cnc2c(=O)[nH]c(N)nc21)OCc1cccnc1.Cc1ccc(COP(C)(=O)COCCn2cnc3c(=O)[nH]c(N)nc32)cc1. The maximum atomic E-state index is 12.6. The first-order chi connectivity index (χ1) is 39.1. The quantitative estimate of drug-likeness (QED) is 0.0292. The molecule has 0 saturated carbocycles. The molecule has 3 unspecified atom stereocenters. The smallest absolute Gasteiger partial charge is 0.280 e. The van der Waals surface area contributed by atoms with E-state index in [1.54, 1.807) is 57.0 Å². The minimum absolute atomic E-state index is 0.00163. The topological polar surface area (TPSA) is 397 Å². The van der Waals surface area contributed by atoms with E-state index in [9.17, 15) is 28.1 Å². The molecule has 0 aliphatic carbocycles. The third-order valence-electron chi connectivity index (χ3n) is 11.5. The van der Waals surface area contributed by atoms with Crippen LogP contribution in [-0.4, -0.2) is 130 Å². The number of rotatable bonds is 25. The number of methoxy groups -OCH3 is 1. The zero-order valence-electron chi connectivity index (χ0n) is 45.3. The van der Waals surface area contributed by atoms with Crippen molar-refractivity contribution in [2.24, 2.45) is 0 Å². The van der Waals surface area contributed by atoms with Gasteiger partial charge in [0.1, 0.15) is 24.8 Å². The van der Waals surface area contributed by atoms with Crippen LogP contribution in [0.15, 0.2) is 100 Å². The number of hydrogen-bond donors (Lipinski definition) is 6. The standard InChI is InChI=1S/C17H21ClN5O5P.C17H22N5O4P.C15H19N6O4P/c1-26-13-4-3-11(7-12(13)18)8-28-29(2,25)10-27-6-5-23-9-20-14-15(23)21-17(19)22-16(14)24;1-12-3-5-13(6-4-12)9-26-27(2,24)11-25-8-7-22-10-19-14-15(22)20-17(18)21-16(14)23;1-26(23,25-8-11-3-2-4-17-7-11)10-24-6-5-21-9-18-12-13(21)19-15(16)20-14(12)22/h3-4,7,9H,5-6,8,10H2,1-2H3,(H3,19,21,22,24);3-6,10H,7-9,11H2,1-2H3,(H3,18,20,21,23);2-4,7,9H,5-6,8,10H2,1H3,(H3,16,19,20,22). The monoisotopic (exact) mass is 1210 g/mol. The Kier molecular flexibility index (Phi) is 21.6. The van der Waals surface area contributed by atoms with Gasteiger partial charge in [0.2, 0.25) is 40.0 Å². The van der Waals surface area contributed by atoms with Crippen LogP contribution in [0.5, 0.6) is 5.75 Å². The van der Waals surface area contributed by atoms with E-state index in [0.29, 0.717) is 47.3 Å². The molecule has 0 fully saturated rings. The molecule has 7 aromatic heterocycles. The lowest BCUT2D eigenvalue weighted by molar-refractivity contribution is 0.153. The van der Waals surface area contributed by atoms with Gasteiger partial charge in [-0.05, 0) is 41.8 Å². The van der Waals surface area contributed by atoms with Crippen molar-refractivity contribution >= 4 is 85.0 Å². The van der Waals surface area contributed by atoms with Crippen molar-refractivity contribution in [1.29, 1.82) is 0 Å². The van der Waals surface area contributed by atoms with Crippen LogP contribution in [0.25, 0.3) is 33.5 Å². The van der Waals surface area contributed by atoms with Gasteiger partial charge in [0, 0.05) is 52.0 Å². The molecule has 0 radical (unpaired) electrons. The number of aromatic amines is 3. The van der Waals surface area contributed by atoms with Crippen LogP contribution in [0.1, 0.15) is 22.3 Å². The first kappa shape index (κ1) is 62.2. The Labute approximate surface area is 472 Å². The average molecular weight is 1210 g/mol. The van der Waals surface area contributed by atoms with Crippen LogP contribution in [0.2, 0.25) is 5.02 Å². The van der Waals surface area contributed by atoms with E-state index in [1.165, 1.54) is 39.4 Å². The summed E-state index contributed by atoms with van der Waals surface area (Å²) in [4.78, 5) is 70.7. The number of pyridine rings is 1. The third kappa shape index (κ3) is 18.3. The van der Waals surface area contributed by atoms with Crippen molar-refractivity contribution in [2.45, 2.75) is 46.4 Å². The molecule has 3 atom stereocenters. The molecule has 0 aliphatic heterocycles. The number of fused-ring (bicyclic) bond motifs is 3. The van der Waals surface area contributed by atoms with Crippen molar-refractivity contribution in [3.8, 4) is 5.75 Å². The molecule has 9 aromatic rings. The molecular weight excluding hydrogens is 1150 g/mol. The van der Waals surface area contributed by atoms with Gasteiger partial charge < -0.3 is 63.4 Å². The second kappa shape index (κ2) is 28.5. The molecule has 0 aliphatic rings. The van der Waals surface area contributed by atoms with Gasteiger partial charge in [-0.2, -0.15) is 15.0 Å². The molecule has 33 heteroatoms. The minimum Gasteiger partial charge on any atom is -0.495 e. The Bertz CT molecular complexity index is 3930. The number of H-pyrrole nitrogens is 3. The summed E-state index contributed by atoms with van der Waals surface area (Å²) in [7, 11) is -7.21. The molecule has 2 aromatic carbocycles. The Hall–Kier alpha value is -7.42. The maximum Gasteiger partial charge on any atom is 0.280 e. The van der Waals surface area contributed by atoms with Gasteiger partial charge in [0.05, 0.1) is 70.8 Å². The largest absolute Gasteiger partial charge is 0.495 e. The fourth-order valence-electron chi connectivity index (χ4n) is 7.30. The van der Waals surface area contributed by atoms with E-state index in [0.717, 1.165) is 22.3 Å². The molecule has 7 heterocycles. The highest BCUT2D eigenvalue weighted by Crippen LogP contribution is 2.45. The number of aryl methyl sites for hydroxylation is 1. The predicted molar refractivity (Wildman–Crippen MR) is 309 cm³/mol. The molecule has 0 spiro atoms. The van der Waals surface area contributed by atoms with E-state index in [-0.39, 0.29) is 98.6 Å². The number of benzene rings is 2. The van der Waals surface area contributed by atoms with Crippen LogP contribution in [0, 0.1) is 6.92 Å². The number of imidazole rings is 3. The zero-order chi connectivity index (χ0) is 59.0. The summed E-state index contributed by atoms with van der Waals surface area (Å²) in [5, 5.41) is 0.455. The number of anilines is 3. The summed E-state index contributed by atoms with van der Waals surface area (Å²) >= 11 is 6.08. The lowest BCUT2D eigenvalue weighted by Crippen LogP contribution is -2.13.